The molecule has 0 aliphatic heterocycles. The van der Waals surface area contributed by atoms with E-state index >= 15 is 0 Å². The van der Waals surface area contributed by atoms with Gasteiger partial charge in [0.25, 0.3) is 5.91 Å². The molecule has 0 aromatic heterocycles. The molecule has 0 radical (unpaired) electrons. The van der Waals surface area contributed by atoms with Gasteiger partial charge in [-0.3, -0.25) is 4.79 Å². The molecule has 0 aliphatic carbocycles. The van der Waals surface area contributed by atoms with Crippen LogP contribution in [-0.4, -0.2) is 38.0 Å². The summed E-state index contributed by atoms with van der Waals surface area (Å²) in [4.78, 5) is 15.2. The Bertz CT molecular complexity index is 584. The van der Waals surface area contributed by atoms with Crippen LogP contribution >= 0.6 is 11.8 Å². The van der Waals surface area contributed by atoms with Crippen molar-refractivity contribution < 1.29 is 4.79 Å². The molecule has 0 saturated heterocycles. The third-order valence-electron chi connectivity index (χ3n) is 3.39. The Morgan fingerprint density at radius 2 is 1.77 bits per heavy atom. The van der Waals surface area contributed by atoms with Gasteiger partial charge in [-0.2, -0.15) is 0 Å². The first-order valence-corrected chi connectivity index (χ1v) is 8.36. The van der Waals surface area contributed by atoms with Crippen LogP contribution in [0.3, 0.4) is 0 Å². The molecule has 0 spiro atoms. The van der Waals surface area contributed by atoms with E-state index in [0.717, 1.165) is 17.9 Å². The van der Waals surface area contributed by atoms with Crippen LogP contribution in [0.25, 0.3) is 0 Å². The SMILES string of the molecule is CNCCN(C)C(=O)c1ccc(SCc2ccccc2)cc1. The van der Waals surface area contributed by atoms with Crippen molar-refractivity contribution in [1.82, 2.24) is 10.2 Å². The van der Waals surface area contributed by atoms with Gasteiger partial charge in [0.1, 0.15) is 0 Å². The molecule has 0 unspecified atom stereocenters. The van der Waals surface area contributed by atoms with Gasteiger partial charge in [-0.05, 0) is 36.9 Å². The first kappa shape index (κ1) is 16.6. The lowest BCUT2D eigenvalue weighted by atomic mass is 10.2. The number of hydrogen-bond donors (Lipinski definition) is 1. The second-order valence-corrected chi connectivity index (χ2v) is 6.18. The molecule has 2 aromatic rings. The number of carbonyl (C=O) groups is 1. The summed E-state index contributed by atoms with van der Waals surface area (Å²) in [5, 5.41) is 3.05. The molecule has 0 fully saturated rings. The molecule has 0 atom stereocenters. The van der Waals surface area contributed by atoms with Crippen LogP contribution in [0.5, 0.6) is 0 Å². The number of nitrogens with one attached hydrogen (secondary N) is 1. The Balaban J connectivity index is 1.91. The van der Waals surface area contributed by atoms with Crippen LogP contribution in [0.15, 0.2) is 59.5 Å². The van der Waals surface area contributed by atoms with E-state index in [4.69, 9.17) is 0 Å². The fraction of sp³-hybridized carbons (Fsp3) is 0.278. The van der Waals surface area contributed by atoms with E-state index in [9.17, 15) is 4.79 Å². The quantitative estimate of drug-likeness (QED) is 0.796. The lowest BCUT2D eigenvalue weighted by Crippen LogP contribution is -2.32. The second-order valence-electron chi connectivity index (χ2n) is 5.13. The molecule has 1 amide bonds. The standard InChI is InChI=1S/C18H22N2OS/c1-19-12-13-20(2)18(21)16-8-10-17(11-9-16)22-14-15-6-4-3-5-7-15/h3-11,19H,12-14H2,1-2H3. The topological polar surface area (TPSA) is 32.3 Å². The van der Waals surface area contributed by atoms with Gasteiger partial charge in [0.15, 0.2) is 0 Å². The molecule has 0 aliphatic rings. The van der Waals surface area contributed by atoms with Gasteiger partial charge in [0.05, 0.1) is 0 Å². The summed E-state index contributed by atoms with van der Waals surface area (Å²) in [5.41, 5.74) is 2.04. The van der Waals surface area contributed by atoms with Crippen molar-refractivity contribution in [3.05, 3.63) is 65.7 Å². The smallest absolute Gasteiger partial charge is 0.253 e. The predicted molar refractivity (Wildman–Crippen MR) is 93.3 cm³/mol. The Kier molecular flexibility index (Phi) is 6.49. The predicted octanol–water partition coefficient (Wildman–Crippen LogP) is 3.27. The highest BCUT2D eigenvalue weighted by atomic mass is 32.2. The van der Waals surface area contributed by atoms with Crippen molar-refractivity contribution in [3.63, 3.8) is 0 Å². The van der Waals surface area contributed by atoms with Gasteiger partial charge in [-0.1, -0.05) is 30.3 Å². The Morgan fingerprint density at radius 1 is 1.09 bits per heavy atom. The molecular formula is C18H22N2OS. The van der Waals surface area contributed by atoms with E-state index in [1.54, 1.807) is 16.7 Å². The lowest BCUT2D eigenvalue weighted by molar-refractivity contribution is 0.0797. The van der Waals surface area contributed by atoms with E-state index in [1.807, 2.05) is 44.4 Å². The number of benzene rings is 2. The van der Waals surface area contributed by atoms with Crippen molar-refractivity contribution in [3.8, 4) is 0 Å². The summed E-state index contributed by atoms with van der Waals surface area (Å²) in [6.07, 6.45) is 0. The van der Waals surface area contributed by atoms with Gasteiger partial charge < -0.3 is 10.2 Å². The maximum Gasteiger partial charge on any atom is 0.253 e. The number of nitrogens with zero attached hydrogens (tertiary/aromatic N) is 1. The van der Waals surface area contributed by atoms with Crippen LogP contribution in [0.2, 0.25) is 0 Å². The van der Waals surface area contributed by atoms with Crippen molar-refractivity contribution in [2.75, 3.05) is 27.2 Å². The molecular weight excluding hydrogens is 292 g/mol. The molecule has 22 heavy (non-hydrogen) atoms. The average molecular weight is 314 g/mol. The van der Waals surface area contributed by atoms with Crippen LogP contribution in [0, 0.1) is 0 Å². The monoisotopic (exact) mass is 314 g/mol. The zero-order valence-electron chi connectivity index (χ0n) is 13.1. The highest BCUT2D eigenvalue weighted by molar-refractivity contribution is 7.98. The zero-order chi connectivity index (χ0) is 15.8. The lowest BCUT2D eigenvalue weighted by Gasteiger charge is -2.17. The van der Waals surface area contributed by atoms with Crippen LogP contribution < -0.4 is 5.32 Å². The number of rotatable bonds is 7. The van der Waals surface area contributed by atoms with Crippen molar-refractivity contribution in [1.29, 1.82) is 0 Å². The van der Waals surface area contributed by atoms with Gasteiger partial charge >= 0.3 is 0 Å². The van der Waals surface area contributed by atoms with Crippen molar-refractivity contribution in [2.24, 2.45) is 0 Å². The first-order valence-electron chi connectivity index (χ1n) is 7.37. The maximum atomic E-state index is 12.2. The van der Waals surface area contributed by atoms with Gasteiger partial charge in [0.2, 0.25) is 0 Å². The van der Waals surface area contributed by atoms with Gasteiger partial charge in [-0.15, -0.1) is 11.8 Å². The summed E-state index contributed by atoms with van der Waals surface area (Å²) in [6, 6.07) is 18.2. The highest BCUT2D eigenvalue weighted by Gasteiger charge is 2.10. The zero-order valence-corrected chi connectivity index (χ0v) is 13.9. The minimum absolute atomic E-state index is 0.0647. The van der Waals surface area contributed by atoms with Crippen LogP contribution in [0.1, 0.15) is 15.9 Å². The maximum absolute atomic E-state index is 12.2. The van der Waals surface area contributed by atoms with E-state index in [1.165, 1.54) is 10.5 Å². The largest absolute Gasteiger partial charge is 0.340 e. The Morgan fingerprint density at radius 3 is 2.41 bits per heavy atom. The fourth-order valence-corrected chi connectivity index (χ4v) is 2.89. The molecule has 0 heterocycles. The van der Waals surface area contributed by atoms with E-state index in [2.05, 4.69) is 29.6 Å². The van der Waals surface area contributed by atoms with Crippen LogP contribution in [-0.2, 0) is 5.75 Å². The van der Waals surface area contributed by atoms with E-state index in [-0.39, 0.29) is 5.91 Å². The first-order chi connectivity index (χ1) is 10.7. The molecule has 4 heteroatoms. The van der Waals surface area contributed by atoms with Gasteiger partial charge in [0, 0.05) is 36.3 Å². The number of thioether (sulfide) groups is 1. The molecule has 2 rings (SSSR count). The van der Waals surface area contributed by atoms with E-state index < -0.39 is 0 Å². The molecule has 1 N–H and O–H groups in total. The second kappa shape index (κ2) is 8.61. The Hall–Kier alpha value is -1.78. The highest BCUT2D eigenvalue weighted by Crippen LogP contribution is 2.23. The molecule has 2 aromatic carbocycles. The minimum Gasteiger partial charge on any atom is -0.340 e. The minimum atomic E-state index is 0.0647. The number of carbonyl (C=O) groups excluding carboxylic acids is 1. The number of amides is 1. The number of likely N-dealkylation sites (N-methyl/N-ethyl adjacent to an activating group) is 2. The number of hydrogen-bond acceptors (Lipinski definition) is 3. The van der Waals surface area contributed by atoms with Crippen molar-refractivity contribution >= 4 is 17.7 Å². The summed E-state index contributed by atoms with van der Waals surface area (Å²) < 4.78 is 0. The van der Waals surface area contributed by atoms with Crippen LogP contribution in [0.4, 0.5) is 0 Å². The van der Waals surface area contributed by atoms with E-state index in [0.29, 0.717) is 6.54 Å². The van der Waals surface area contributed by atoms with Gasteiger partial charge in [-0.25, -0.2) is 0 Å². The normalized spacial score (nSPS) is 10.5. The Labute approximate surface area is 136 Å². The summed E-state index contributed by atoms with van der Waals surface area (Å²) in [7, 11) is 3.72. The summed E-state index contributed by atoms with van der Waals surface area (Å²) in [6.45, 7) is 1.51. The summed E-state index contributed by atoms with van der Waals surface area (Å²) >= 11 is 1.78. The molecule has 0 saturated carbocycles. The molecule has 116 valence electrons. The fourth-order valence-electron chi connectivity index (χ4n) is 2.04. The third kappa shape index (κ3) is 4.90. The third-order valence-corrected chi connectivity index (χ3v) is 4.48. The summed E-state index contributed by atoms with van der Waals surface area (Å²) in [5.74, 6) is 1.01. The molecule has 0 bridgehead atoms. The van der Waals surface area contributed by atoms with Crippen molar-refractivity contribution in [2.45, 2.75) is 10.6 Å². The average Bonchev–Trinajstić information content (AvgIpc) is 2.58. The molecule has 3 nitrogen and oxygen atoms in total.